The standard InChI is InChI=1S/C21H32N4O7/c26-13-24(32)12-16(10-14-4-1-2-5-14)20(29)25-8-3-6-17(25)19(28)22-18(27)15-7-9-23(11-15)21(30)31/h13-17,32H,1-12H2,(H,30,31)(H,22,27,28)/t15?,16-,17+/m1/s1. The van der Waals surface area contributed by atoms with Crippen LogP contribution in [0, 0.1) is 17.8 Å². The number of hydrogen-bond acceptors (Lipinski definition) is 6. The lowest BCUT2D eigenvalue weighted by Crippen LogP contribution is -2.51. The van der Waals surface area contributed by atoms with Gasteiger partial charge in [0, 0.05) is 19.6 Å². The van der Waals surface area contributed by atoms with E-state index in [2.05, 4.69) is 5.32 Å². The molecule has 11 nitrogen and oxygen atoms in total. The molecule has 0 spiro atoms. The molecule has 3 fully saturated rings. The second kappa shape index (κ2) is 10.8. The summed E-state index contributed by atoms with van der Waals surface area (Å²) in [7, 11) is 0. The average Bonchev–Trinajstić information content (AvgIpc) is 3.53. The lowest BCUT2D eigenvalue weighted by molar-refractivity contribution is -0.158. The SMILES string of the molecule is O=CN(O)C[C@@H](CC1CCCC1)C(=O)N1CCC[C@H]1C(=O)NC(=O)C1CCN(C(=O)O)C1. The third kappa shape index (κ3) is 5.76. The number of hydroxylamine groups is 2. The molecule has 0 bridgehead atoms. The summed E-state index contributed by atoms with van der Waals surface area (Å²) in [5, 5.41) is 21.6. The van der Waals surface area contributed by atoms with Crippen molar-refractivity contribution >= 4 is 30.2 Å². The predicted octanol–water partition coefficient (Wildman–Crippen LogP) is 0.664. The topological polar surface area (TPSA) is 148 Å². The molecule has 11 heteroatoms. The summed E-state index contributed by atoms with van der Waals surface area (Å²) in [6.45, 7) is 0.529. The molecule has 2 aliphatic heterocycles. The Morgan fingerprint density at radius 1 is 1.03 bits per heavy atom. The van der Waals surface area contributed by atoms with Gasteiger partial charge >= 0.3 is 6.09 Å². The highest BCUT2D eigenvalue weighted by molar-refractivity contribution is 6.00. The first-order valence-corrected chi connectivity index (χ1v) is 11.3. The van der Waals surface area contributed by atoms with E-state index in [9.17, 15) is 29.2 Å². The number of likely N-dealkylation sites (tertiary alicyclic amines) is 2. The summed E-state index contributed by atoms with van der Waals surface area (Å²) in [6.07, 6.45) is 5.29. The fraction of sp³-hybridized carbons (Fsp3) is 0.762. The van der Waals surface area contributed by atoms with E-state index in [1.807, 2.05) is 0 Å². The largest absolute Gasteiger partial charge is 0.465 e. The Labute approximate surface area is 186 Å². The number of imide groups is 1. The van der Waals surface area contributed by atoms with Crippen molar-refractivity contribution in [2.45, 2.75) is 57.4 Å². The summed E-state index contributed by atoms with van der Waals surface area (Å²) in [5.41, 5.74) is 0. The molecular weight excluding hydrogens is 420 g/mol. The van der Waals surface area contributed by atoms with Gasteiger partial charge in [-0.15, -0.1) is 0 Å². The van der Waals surface area contributed by atoms with Crippen LogP contribution in [-0.4, -0.2) is 87.6 Å². The zero-order chi connectivity index (χ0) is 23.3. The fourth-order valence-corrected chi connectivity index (χ4v) is 5.16. The van der Waals surface area contributed by atoms with Gasteiger partial charge in [0.05, 0.1) is 18.4 Å². The van der Waals surface area contributed by atoms with Gasteiger partial charge in [-0.05, 0) is 31.6 Å². The molecule has 1 aliphatic carbocycles. The first-order chi connectivity index (χ1) is 15.3. The lowest BCUT2D eigenvalue weighted by Gasteiger charge is -2.30. The van der Waals surface area contributed by atoms with Crippen molar-refractivity contribution in [2.75, 3.05) is 26.2 Å². The fourth-order valence-electron chi connectivity index (χ4n) is 5.16. The highest BCUT2D eigenvalue weighted by Gasteiger charge is 2.40. The Morgan fingerprint density at radius 3 is 2.38 bits per heavy atom. The van der Waals surface area contributed by atoms with Gasteiger partial charge in [-0.1, -0.05) is 25.7 Å². The molecule has 0 aromatic heterocycles. The minimum atomic E-state index is -1.10. The molecule has 2 saturated heterocycles. The molecule has 5 amide bonds. The molecule has 3 atom stereocenters. The summed E-state index contributed by atoms with van der Waals surface area (Å²) in [5.74, 6) is -2.24. The van der Waals surface area contributed by atoms with Gasteiger partial charge in [0.25, 0.3) is 0 Å². The smallest absolute Gasteiger partial charge is 0.407 e. The van der Waals surface area contributed by atoms with Crippen molar-refractivity contribution in [1.82, 2.24) is 20.2 Å². The van der Waals surface area contributed by atoms with Crippen LogP contribution in [0.15, 0.2) is 0 Å². The Morgan fingerprint density at radius 2 is 1.75 bits per heavy atom. The number of carbonyl (C=O) groups is 5. The number of amides is 5. The van der Waals surface area contributed by atoms with Crippen molar-refractivity contribution < 1.29 is 34.3 Å². The van der Waals surface area contributed by atoms with Crippen molar-refractivity contribution in [2.24, 2.45) is 17.8 Å². The van der Waals surface area contributed by atoms with Crippen molar-refractivity contribution in [3.8, 4) is 0 Å². The van der Waals surface area contributed by atoms with Crippen LogP contribution >= 0.6 is 0 Å². The van der Waals surface area contributed by atoms with Crippen molar-refractivity contribution in [1.29, 1.82) is 0 Å². The second-order valence-electron chi connectivity index (χ2n) is 9.07. The molecule has 2 heterocycles. The molecule has 0 radical (unpaired) electrons. The maximum atomic E-state index is 13.3. The molecular formula is C21H32N4O7. The van der Waals surface area contributed by atoms with Gasteiger partial charge in [0.15, 0.2) is 0 Å². The van der Waals surface area contributed by atoms with Crippen LogP contribution in [0.1, 0.15) is 51.4 Å². The molecule has 3 aliphatic rings. The van der Waals surface area contributed by atoms with E-state index in [-0.39, 0.29) is 32.0 Å². The Bertz CT molecular complexity index is 740. The lowest BCUT2D eigenvalue weighted by atomic mass is 9.91. The molecule has 1 unspecified atom stereocenters. The molecule has 0 aromatic carbocycles. The van der Waals surface area contributed by atoms with Gasteiger partial charge in [-0.3, -0.25) is 29.7 Å². The maximum absolute atomic E-state index is 13.3. The van der Waals surface area contributed by atoms with E-state index in [0.717, 1.165) is 30.6 Å². The van der Waals surface area contributed by atoms with Crippen LogP contribution in [0.3, 0.4) is 0 Å². The average molecular weight is 453 g/mol. The zero-order valence-corrected chi connectivity index (χ0v) is 18.1. The maximum Gasteiger partial charge on any atom is 0.407 e. The highest BCUT2D eigenvalue weighted by Crippen LogP contribution is 2.32. The van der Waals surface area contributed by atoms with Gasteiger partial charge in [-0.2, -0.15) is 0 Å². The molecule has 178 valence electrons. The van der Waals surface area contributed by atoms with Gasteiger partial charge in [0.1, 0.15) is 6.04 Å². The quantitative estimate of drug-likeness (QED) is 0.212. The minimum Gasteiger partial charge on any atom is -0.465 e. The third-order valence-electron chi connectivity index (χ3n) is 6.89. The van der Waals surface area contributed by atoms with Crippen molar-refractivity contribution in [3.05, 3.63) is 0 Å². The van der Waals surface area contributed by atoms with E-state index >= 15 is 0 Å². The number of rotatable bonds is 8. The normalized spacial score (nSPS) is 24.4. The first-order valence-electron chi connectivity index (χ1n) is 11.3. The van der Waals surface area contributed by atoms with Crippen LogP contribution in [0.5, 0.6) is 0 Å². The zero-order valence-electron chi connectivity index (χ0n) is 18.1. The van der Waals surface area contributed by atoms with E-state index in [1.54, 1.807) is 0 Å². The summed E-state index contributed by atoms with van der Waals surface area (Å²) in [6, 6.07) is -0.794. The molecule has 3 rings (SSSR count). The van der Waals surface area contributed by atoms with Gasteiger partial charge < -0.3 is 14.9 Å². The molecule has 0 aromatic rings. The van der Waals surface area contributed by atoms with Crippen molar-refractivity contribution in [3.63, 3.8) is 0 Å². The number of hydrogen-bond donors (Lipinski definition) is 3. The van der Waals surface area contributed by atoms with E-state index < -0.39 is 35.8 Å². The van der Waals surface area contributed by atoms with Crippen LogP contribution < -0.4 is 5.32 Å². The van der Waals surface area contributed by atoms with Crippen LogP contribution in [-0.2, 0) is 19.2 Å². The molecule has 32 heavy (non-hydrogen) atoms. The van der Waals surface area contributed by atoms with Crippen LogP contribution in [0.2, 0.25) is 0 Å². The monoisotopic (exact) mass is 452 g/mol. The van der Waals surface area contributed by atoms with Gasteiger partial charge in [-0.25, -0.2) is 9.86 Å². The van der Waals surface area contributed by atoms with E-state index in [1.165, 1.54) is 4.90 Å². The van der Waals surface area contributed by atoms with E-state index in [0.29, 0.717) is 43.2 Å². The Hall–Kier alpha value is -2.69. The third-order valence-corrected chi connectivity index (χ3v) is 6.89. The second-order valence-corrected chi connectivity index (χ2v) is 9.07. The summed E-state index contributed by atoms with van der Waals surface area (Å²) in [4.78, 5) is 63.1. The van der Waals surface area contributed by atoms with Crippen LogP contribution in [0.4, 0.5) is 4.79 Å². The summed E-state index contributed by atoms with van der Waals surface area (Å²) < 4.78 is 0. The first kappa shape index (κ1) is 24.0. The highest BCUT2D eigenvalue weighted by atomic mass is 16.5. The number of carbonyl (C=O) groups excluding carboxylic acids is 4. The number of carboxylic acid groups (broad SMARTS) is 1. The Balaban J connectivity index is 1.62. The summed E-state index contributed by atoms with van der Waals surface area (Å²) >= 11 is 0. The number of nitrogens with zero attached hydrogens (tertiary/aromatic N) is 3. The predicted molar refractivity (Wildman–Crippen MR) is 110 cm³/mol. The van der Waals surface area contributed by atoms with Gasteiger partial charge in [0.2, 0.25) is 24.1 Å². The van der Waals surface area contributed by atoms with E-state index in [4.69, 9.17) is 5.11 Å². The van der Waals surface area contributed by atoms with Crippen LogP contribution in [0.25, 0.3) is 0 Å². The molecule has 1 saturated carbocycles. The minimum absolute atomic E-state index is 0.0449. The Kier molecular flexibility index (Phi) is 8.05. The number of nitrogens with one attached hydrogen (secondary N) is 1. The molecule has 3 N–H and O–H groups in total.